The number of ketones is 1. The van der Waals surface area contributed by atoms with Gasteiger partial charge in [-0.05, 0) is 41.1 Å². The summed E-state index contributed by atoms with van der Waals surface area (Å²) in [6, 6.07) is 8.13. The summed E-state index contributed by atoms with van der Waals surface area (Å²) >= 11 is 2.90. The lowest BCUT2D eigenvalue weighted by Gasteiger charge is -1.90. The first-order valence-corrected chi connectivity index (χ1v) is 6.76. The number of fused-ring (bicyclic) bond motifs is 1. The minimum Gasteiger partial charge on any atom is -0.288 e. The van der Waals surface area contributed by atoms with Gasteiger partial charge in [-0.1, -0.05) is 0 Å². The minimum atomic E-state index is -0.273. The summed E-state index contributed by atoms with van der Waals surface area (Å²) in [5.74, 6) is -0.266. The molecule has 0 atom stereocenters. The Morgan fingerprint density at radius 2 is 2.06 bits per heavy atom. The molecule has 0 fully saturated rings. The summed E-state index contributed by atoms with van der Waals surface area (Å²) in [5.41, 5.74) is 0.696. The highest BCUT2D eigenvalue weighted by molar-refractivity contribution is 7.21. The van der Waals surface area contributed by atoms with E-state index in [9.17, 15) is 9.18 Å². The van der Waals surface area contributed by atoms with Crippen LogP contribution in [0.25, 0.3) is 10.1 Å². The Morgan fingerprint density at radius 1 is 1.18 bits per heavy atom. The van der Waals surface area contributed by atoms with E-state index in [-0.39, 0.29) is 11.6 Å². The maximum absolute atomic E-state index is 13.0. The lowest BCUT2D eigenvalue weighted by Crippen LogP contribution is -1.94. The van der Waals surface area contributed by atoms with Crippen LogP contribution in [0.4, 0.5) is 4.39 Å². The van der Waals surface area contributed by atoms with Crippen molar-refractivity contribution in [2.24, 2.45) is 0 Å². The Hall–Kier alpha value is -1.52. The molecule has 2 aromatic heterocycles. The highest BCUT2D eigenvalue weighted by Crippen LogP contribution is 2.28. The van der Waals surface area contributed by atoms with E-state index in [1.54, 1.807) is 18.2 Å². The molecule has 4 heteroatoms. The van der Waals surface area contributed by atoms with Crippen LogP contribution in [-0.2, 0) is 0 Å². The number of benzene rings is 1. The Kier molecular flexibility index (Phi) is 2.53. The van der Waals surface area contributed by atoms with Gasteiger partial charge in [0, 0.05) is 15.6 Å². The first kappa shape index (κ1) is 10.6. The van der Waals surface area contributed by atoms with Crippen LogP contribution in [0.5, 0.6) is 0 Å². The topological polar surface area (TPSA) is 17.1 Å². The van der Waals surface area contributed by atoms with Gasteiger partial charge in [0.2, 0.25) is 5.78 Å². The predicted octanol–water partition coefficient (Wildman–Crippen LogP) is 4.33. The molecular weight excluding hydrogens is 255 g/mol. The van der Waals surface area contributed by atoms with Crippen LogP contribution in [-0.4, -0.2) is 5.78 Å². The number of carbonyl (C=O) groups excluding carboxylic acids is 1. The summed E-state index contributed by atoms with van der Waals surface area (Å²) in [7, 11) is 0. The van der Waals surface area contributed by atoms with Crippen molar-refractivity contribution >= 4 is 38.5 Å². The molecule has 0 saturated heterocycles. The van der Waals surface area contributed by atoms with Gasteiger partial charge in [0.1, 0.15) is 5.82 Å². The molecule has 0 aliphatic carbocycles. The molecule has 3 rings (SSSR count). The van der Waals surface area contributed by atoms with Crippen LogP contribution in [0.1, 0.15) is 15.2 Å². The molecule has 2 heterocycles. The Morgan fingerprint density at radius 3 is 2.82 bits per heavy atom. The van der Waals surface area contributed by atoms with Gasteiger partial charge in [0.05, 0.1) is 4.88 Å². The quantitative estimate of drug-likeness (QED) is 0.628. The van der Waals surface area contributed by atoms with E-state index in [1.807, 2.05) is 10.8 Å². The maximum Gasteiger partial charge on any atom is 0.203 e. The van der Waals surface area contributed by atoms with Gasteiger partial charge in [-0.2, -0.15) is 11.3 Å². The fraction of sp³-hybridized carbons (Fsp3) is 0. The molecule has 0 radical (unpaired) electrons. The highest BCUT2D eigenvalue weighted by Gasteiger charge is 2.13. The van der Waals surface area contributed by atoms with Crippen LogP contribution >= 0.6 is 22.7 Å². The van der Waals surface area contributed by atoms with Crippen LogP contribution in [0, 0.1) is 5.82 Å². The lowest BCUT2D eigenvalue weighted by atomic mass is 10.2. The molecule has 0 spiro atoms. The van der Waals surface area contributed by atoms with Crippen LogP contribution < -0.4 is 0 Å². The molecule has 0 saturated carbocycles. The third kappa shape index (κ3) is 1.90. The van der Waals surface area contributed by atoms with Crippen molar-refractivity contribution in [2.75, 3.05) is 0 Å². The summed E-state index contributed by atoms with van der Waals surface area (Å²) < 4.78 is 14.0. The Bertz CT molecular complexity index is 683. The molecule has 0 aliphatic heterocycles. The molecule has 0 N–H and O–H groups in total. The second kappa shape index (κ2) is 4.05. The summed E-state index contributed by atoms with van der Waals surface area (Å²) in [4.78, 5) is 12.7. The number of hydrogen-bond acceptors (Lipinski definition) is 3. The highest BCUT2D eigenvalue weighted by atomic mass is 32.1. The fourth-order valence-electron chi connectivity index (χ4n) is 1.66. The van der Waals surface area contributed by atoms with Crippen LogP contribution in [0.2, 0.25) is 0 Å². The van der Waals surface area contributed by atoms with Gasteiger partial charge >= 0.3 is 0 Å². The average Bonchev–Trinajstić information content (AvgIpc) is 2.96. The van der Waals surface area contributed by atoms with Gasteiger partial charge in [0.15, 0.2) is 0 Å². The third-order valence-electron chi connectivity index (χ3n) is 2.49. The maximum atomic E-state index is 13.0. The second-order valence-electron chi connectivity index (χ2n) is 3.63. The molecule has 0 amide bonds. The molecule has 84 valence electrons. The van der Waals surface area contributed by atoms with Gasteiger partial charge in [-0.15, -0.1) is 11.3 Å². The monoisotopic (exact) mass is 262 g/mol. The SMILES string of the molecule is O=C(c1ccsc1)c1cc2cc(F)ccc2s1. The first-order chi connectivity index (χ1) is 8.24. The Balaban J connectivity index is 2.09. The van der Waals surface area contributed by atoms with Gasteiger partial charge in [0.25, 0.3) is 0 Å². The van der Waals surface area contributed by atoms with Gasteiger partial charge < -0.3 is 0 Å². The fourth-order valence-corrected chi connectivity index (χ4v) is 3.30. The number of carbonyl (C=O) groups is 1. The zero-order valence-electron chi connectivity index (χ0n) is 8.64. The number of hydrogen-bond donors (Lipinski definition) is 0. The second-order valence-corrected chi connectivity index (χ2v) is 5.50. The minimum absolute atomic E-state index is 0.00728. The summed E-state index contributed by atoms with van der Waals surface area (Å²) in [6.07, 6.45) is 0. The number of rotatable bonds is 2. The number of halogens is 1. The number of thiophene rings is 2. The van der Waals surface area contributed by atoms with E-state index in [4.69, 9.17) is 0 Å². The molecule has 17 heavy (non-hydrogen) atoms. The van der Waals surface area contributed by atoms with Gasteiger partial charge in [-0.3, -0.25) is 4.79 Å². The van der Waals surface area contributed by atoms with Crippen molar-refractivity contribution in [1.82, 2.24) is 0 Å². The van der Waals surface area contributed by atoms with Gasteiger partial charge in [-0.25, -0.2) is 4.39 Å². The summed E-state index contributed by atoms with van der Waals surface area (Å²) in [6.45, 7) is 0. The zero-order chi connectivity index (χ0) is 11.8. The Labute approximate surface area is 105 Å². The molecule has 0 bridgehead atoms. The molecule has 0 unspecified atom stereocenters. The molecule has 3 aromatic rings. The predicted molar refractivity (Wildman–Crippen MR) is 69.5 cm³/mol. The first-order valence-electron chi connectivity index (χ1n) is 5.00. The van der Waals surface area contributed by atoms with E-state index in [0.717, 1.165) is 10.1 Å². The average molecular weight is 262 g/mol. The van der Waals surface area contributed by atoms with Crippen molar-refractivity contribution in [3.05, 3.63) is 57.3 Å². The zero-order valence-corrected chi connectivity index (χ0v) is 10.3. The standard InChI is InChI=1S/C13H7FOS2/c14-10-1-2-11-9(5-10)6-12(17-11)13(15)8-3-4-16-7-8/h1-7H. The van der Waals surface area contributed by atoms with E-state index in [1.165, 1.54) is 34.8 Å². The van der Waals surface area contributed by atoms with E-state index >= 15 is 0 Å². The van der Waals surface area contributed by atoms with Crippen molar-refractivity contribution < 1.29 is 9.18 Å². The van der Waals surface area contributed by atoms with Crippen molar-refractivity contribution in [3.8, 4) is 0 Å². The summed E-state index contributed by atoms with van der Waals surface area (Å²) in [5, 5.41) is 4.49. The molecule has 1 nitrogen and oxygen atoms in total. The van der Waals surface area contributed by atoms with Crippen LogP contribution in [0.15, 0.2) is 41.1 Å². The molecule has 0 aliphatic rings. The largest absolute Gasteiger partial charge is 0.288 e. The third-order valence-corrected chi connectivity index (χ3v) is 4.28. The van der Waals surface area contributed by atoms with Crippen molar-refractivity contribution in [3.63, 3.8) is 0 Å². The normalized spacial score (nSPS) is 10.9. The van der Waals surface area contributed by atoms with E-state index in [2.05, 4.69) is 0 Å². The molecular formula is C13H7FOS2. The molecule has 1 aromatic carbocycles. The smallest absolute Gasteiger partial charge is 0.203 e. The van der Waals surface area contributed by atoms with E-state index < -0.39 is 0 Å². The lowest BCUT2D eigenvalue weighted by molar-refractivity contribution is 0.104. The van der Waals surface area contributed by atoms with Crippen molar-refractivity contribution in [1.29, 1.82) is 0 Å². The van der Waals surface area contributed by atoms with Crippen molar-refractivity contribution in [2.45, 2.75) is 0 Å². The van der Waals surface area contributed by atoms with Crippen LogP contribution in [0.3, 0.4) is 0 Å². The van der Waals surface area contributed by atoms with E-state index in [0.29, 0.717) is 10.4 Å².